The highest BCUT2D eigenvalue weighted by Crippen LogP contribution is 2.15. The molecule has 0 saturated carbocycles. The predicted octanol–water partition coefficient (Wildman–Crippen LogP) is 1.97. The lowest BCUT2D eigenvalue weighted by Crippen LogP contribution is -2.42. The van der Waals surface area contributed by atoms with Crippen LogP contribution >= 0.6 is 11.3 Å². The van der Waals surface area contributed by atoms with Crippen LogP contribution in [0.5, 0.6) is 0 Å². The van der Waals surface area contributed by atoms with Gasteiger partial charge in [-0.2, -0.15) is 11.3 Å². The third-order valence-corrected chi connectivity index (χ3v) is 2.95. The van der Waals surface area contributed by atoms with Gasteiger partial charge in [-0.3, -0.25) is 4.79 Å². The Morgan fingerprint density at radius 3 is 2.65 bits per heavy atom. The SMILES string of the molecule is CC(CC(=O)O)NC(=O)NC(C)c1ccsc1. The molecule has 2 amide bonds. The van der Waals surface area contributed by atoms with Crippen LogP contribution in [-0.4, -0.2) is 23.1 Å². The van der Waals surface area contributed by atoms with Gasteiger partial charge < -0.3 is 15.7 Å². The molecular formula is C11H16N2O3S. The van der Waals surface area contributed by atoms with E-state index in [4.69, 9.17) is 5.11 Å². The smallest absolute Gasteiger partial charge is 0.315 e. The molecule has 94 valence electrons. The Labute approximate surface area is 104 Å². The molecule has 0 radical (unpaired) electrons. The van der Waals surface area contributed by atoms with Crippen molar-refractivity contribution < 1.29 is 14.7 Å². The maximum absolute atomic E-state index is 11.5. The second kappa shape index (κ2) is 6.24. The van der Waals surface area contributed by atoms with Gasteiger partial charge in [0.1, 0.15) is 0 Å². The van der Waals surface area contributed by atoms with E-state index in [9.17, 15) is 9.59 Å². The van der Waals surface area contributed by atoms with Gasteiger partial charge in [0.15, 0.2) is 0 Å². The highest BCUT2D eigenvalue weighted by Gasteiger charge is 2.13. The van der Waals surface area contributed by atoms with Crippen LogP contribution in [0.4, 0.5) is 4.79 Å². The zero-order valence-electron chi connectivity index (χ0n) is 9.77. The first kappa shape index (κ1) is 13.5. The van der Waals surface area contributed by atoms with E-state index >= 15 is 0 Å². The fourth-order valence-electron chi connectivity index (χ4n) is 1.38. The zero-order valence-corrected chi connectivity index (χ0v) is 10.6. The van der Waals surface area contributed by atoms with Crippen molar-refractivity contribution in [2.75, 3.05) is 0 Å². The molecule has 0 saturated heterocycles. The molecule has 0 aliphatic heterocycles. The molecule has 1 aromatic rings. The lowest BCUT2D eigenvalue weighted by molar-refractivity contribution is -0.137. The van der Waals surface area contributed by atoms with Crippen LogP contribution in [0.2, 0.25) is 0 Å². The zero-order chi connectivity index (χ0) is 12.8. The number of rotatable bonds is 5. The Bertz CT molecular complexity index is 378. The third-order valence-electron chi connectivity index (χ3n) is 2.25. The van der Waals surface area contributed by atoms with Gasteiger partial charge in [0.25, 0.3) is 0 Å². The van der Waals surface area contributed by atoms with Crippen molar-refractivity contribution in [3.05, 3.63) is 22.4 Å². The highest BCUT2D eigenvalue weighted by molar-refractivity contribution is 7.07. The van der Waals surface area contributed by atoms with Crippen LogP contribution in [-0.2, 0) is 4.79 Å². The molecule has 6 heteroatoms. The molecule has 2 unspecified atom stereocenters. The number of hydrogen-bond donors (Lipinski definition) is 3. The van der Waals surface area contributed by atoms with Crippen LogP contribution in [0.3, 0.4) is 0 Å². The summed E-state index contributed by atoms with van der Waals surface area (Å²) in [5.74, 6) is -0.927. The lowest BCUT2D eigenvalue weighted by Gasteiger charge is -2.16. The van der Waals surface area contributed by atoms with Crippen LogP contribution in [0.1, 0.15) is 31.9 Å². The lowest BCUT2D eigenvalue weighted by atomic mass is 10.2. The molecule has 2 atom stereocenters. The van der Waals surface area contributed by atoms with Crippen molar-refractivity contribution in [1.29, 1.82) is 0 Å². The van der Waals surface area contributed by atoms with E-state index in [1.165, 1.54) is 0 Å². The summed E-state index contributed by atoms with van der Waals surface area (Å²) in [5.41, 5.74) is 1.04. The summed E-state index contributed by atoms with van der Waals surface area (Å²) in [5, 5.41) is 17.8. The van der Waals surface area contributed by atoms with Crippen molar-refractivity contribution in [2.24, 2.45) is 0 Å². The maximum Gasteiger partial charge on any atom is 0.315 e. The van der Waals surface area contributed by atoms with Gasteiger partial charge >= 0.3 is 12.0 Å². The summed E-state index contributed by atoms with van der Waals surface area (Å²) in [7, 11) is 0. The normalized spacial score (nSPS) is 13.8. The first-order chi connectivity index (χ1) is 7.99. The average molecular weight is 256 g/mol. The van der Waals surface area contributed by atoms with Crippen LogP contribution in [0, 0.1) is 0 Å². The second-order valence-electron chi connectivity index (χ2n) is 3.90. The largest absolute Gasteiger partial charge is 0.481 e. The maximum atomic E-state index is 11.5. The summed E-state index contributed by atoms with van der Waals surface area (Å²) >= 11 is 1.57. The number of thiophene rings is 1. The first-order valence-corrected chi connectivity index (χ1v) is 6.24. The van der Waals surface area contributed by atoms with Gasteiger partial charge in [-0.05, 0) is 36.2 Å². The van der Waals surface area contributed by atoms with Gasteiger partial charge in [0, 0.05) is 6.04 Å². The van der Waals surface area contributed by atoms with Crippen LogP contribution in [0.25, 0.3) is 0 Å². The van der Waals surface area contributed by atoms with Crippen molar-refractivity contribution in [2.45, 2.75) is 32.4 Å². The fraction of sp³-hybridized carbons (Fsp3) is 0.455. The first-order valence-electron chi connectivity index (χ1n) is 5.30. The van der Waals surface area contributed by atoms with E-state index in [0.29, 0.717) is 0 Å². The van der Waals surface area contributed by atoms with Gasteiger partial charge in [-0.25, -0.2) is 4.79 Å². The molecule has 17 heavy (non-hydrogen) atoms. The van der Waals surface area contributed by atoms with E-state index in [1.807, 2.05) is 23.8 Å². The molecule has 0 spiro atoms. The van der Waals surface area contributed by atoms with E-state index in [0.717, 1.165) is 5.56 Å². The number of carboxylic acids is 1. The van der Waals surface area contributed by atoms with E-state index in [2.05, 4.69) is 10.6 Å². The average Bonchev–Trinajstić information content (AvgIpc) is 2.67. The number of carboxylic acid groups (broad SMARTS) is 1. The fourth-order valence-corrected chi connectivity index (χ4v) is 2.13. The summed E-state index contributed by atoms with van der Waals surface area (Å²) < 4.78 is 0. The molecule has 0 aliphatic rings. The Kier molecular flexibility index (Phi) is 4.96. The molecular weight excluding hydrogens is 240 g/mol. The van der Waals surface area contributed by atoms with Gasteiger partial charge in [-0.15, -0.1) is 0 Å². The number of aliphatic carboxylic acids is 1. The number of carbonyl (C=O) groups excluding carboxylic acids is 1. The van der Waals surface area contributed by atoms with Gasteiger partial charge in [0.05, 0.1) is 12.5 Å². The number of amides is 2. The summed E-state index contributed by atoms with van der Waals surface area (Å²) in [6, 6.07) is 1.12. The molecule has 0 aliphatic carbocycles. The van der Waals surface area contributed by atoms with Gasteiger partial charge in [-0.1, -0.05) is 0 Å². The molecule has 0 bridgehead atoms. The van der Waals surface area contributed by atoms with Crippen LogP contribution in [0.15, 0.2) is 16.8 Å². The molecule has 1 aromatic heterocycles. The predicted molar refractivity (Wildman–Crippen MR) is 66.1 cm³/mol. The Balaban J connectivity index is 2.37. The molecule has 0 aromatic carbocycles. The number of hydrogen-bond acceptors (Lipinski definition) is 3. The van der Waals surface area contributed by atoms with E-state index in [1.54, 1.807) is 18.3 Å². The summed E-state index contributed by atoms with van der Waals surface area (Å²) in [6.45, 7) is 3.53. The topological polar surface area (TPSA) is 78.4 Å². The summed E-state index contributed by atoms with van der Waals surface area (Å²) in [4.78, 5) is 22.0. The van der Waals surface area contributed by atoms with E-state index in [-0.39, 0.29) is 24.5 Å². The standard InChI is InChI=1S/C11H16N2O3S/c1-7(5-10(14)15)12-11(16)13-8(2)9-3-4-17-6-9/h3-4,6-8H,5H2,1-2H3,(H,14,15)(H2,12,13,16). The minimum atomic E-state index is -0.927. The minimum Gasteiger partial charge on any atom is -0.481 e. The summed E-state index contributed by atoms with van der Waals surface area (Å²) in [6.07, 6.45) is -0.0831. The molecule has 1 rings (SSSR count). The van der Waals surface area contributed by atoms with Crippen molar-refractivity contribution >= 4 is 23.3 Å². The third kappa shape index (κ3) is 4.86. The van der Waals surface area contributed by atoms with Crippen molar-refractivity contribution in [3.63, 3.8) is 0 Å². The Hall–Kier alpha value is -1.56. The second-order valence-corrected chi connectivity index (χ2v) is 4.68. The monoisotopic (exact) mass is 256 g/mol. The molecule has 1 heterocycles. The molecule has 0 fully saturated rings. The Morgan fingerprint density at radius 1 is 1.41 bits per heavy atom. The Morgan fingerprint density at radius 2 is 2.12 bits per heavy atom. The van der Waals surface area contributed by atoms with E-state index < -0.39 is 5.97 Å². The number of nitrogens with one attached hydrogen (secondary N) is 2. The number of carbonyl (C=O) groups is 2. The van der Waals surface area contributed by atoms with Crippen LogP contribution < -0.4 is 10.6 Å². The van der Waals surface area contributed by atoms with Gasteiger partial charge in [0.2, 0.25) is 0 Å². The highest BCUT2D eigenvalue weighted by atomic mass is 32.1. The number of urea groups is 1. The molecule has 3 N–H and O–H groups in total. The molecule has 5 nitrogen and oxygen atoms in total. The minimum absolute atomic E-state index is 0.0831. The van der Waals surface area contributed by atoms with Crippen molar-refractivity contribution in [3.8, 4) is 0 Å². The quantitative estimate of drug-likeness (QED) is 0.753. The van der Waals surface area contributed by atoms with Crippen molar-refractivity contribution in [1.82, 2.24) is 10.6 Å².